The monoisotopic (exact) mass is 362 g/mol. The predicted octanol–water partition coefficient (Wildman–Crippen LogP) is 3.09. The Kier molecular flexibility index (Phi) is 5.38. The Hall–Kier alpha value is -4.08. The number of hydrogen-bond donors (Lipinski definition) is 3. The van der Waals surface area contributed by atoms with E-state index in [-0.39, 0.29) is 16.9 Å². The molecule has 0 fully saturated rings. The summed E-state index contributed by atoms with van der Waals surface area (Å²) < 4.78 is 13.2. The molecule has 0 heterocycles. The van der Waals surface area contributed by atoms with Crippen molar-refractivity contribution in [1.29, 1.82) is 0 Å². The second kappa shape index (κ2) is 7.66. The first kappa shape index (κ1) is 18.3. The normalized spacial score (nSPS) is 9.85. The number of hydrogen-bond acceptors (Lipinski definition) is 7. The van der Waals surface area contributed by atoms with Crippen molar-refractivity contribution in [2.24, 2.45) is 0 Å². The van der Waals surface area contributed by atoms with E-state index in [1.165, 1.54) is 30.3 Å². The number of benzene rings is 2. The molecule has 26 heavy (non-hydrogen) atoms. The van der Waals surface area contributed by atoms with Gasteiger partial charge in [-0.3, -0.25) is 4.79 Å². The summed E-state index contributed by atoms with van der Waals surface area (Å²) in [6.45, 7) is 0. The van der Waals surface area contributed by atoms with E-state index in [0.717, 1.165) is 12.1 Å². The van der Waals surface area contributed by atoms with E-state index in [2.05, 4.69) is 14.2 Å². The third kappa shape index (κ3) is 4.71. The van der Waals surface area contributed by atoms with Crippen LogP contribution in [0.5, 0.6) is 17.2 Å². The van der Waals surface area contributed by atoms with Gasteiger partial charge in [0.05, 0.1) is 0 Å². The van der Waals surface area contributed by atoms with Crippen molar-refractivity contribution in [3.63, 3.8) is 0 Å². The molecule has 10 heteroatoms. The van der Waals surface area contributed by atoms with Crippen LogP contribution in [0.15, 0.2) is 42.5 Å². The van der Waals surface area contributed by atoms with Crippen molar-refractivity contribution in [2.45, 2.75) is 0 Å². The van der Waals surface area contributed by atoms with Gasteiger partial charge in [-0.25, -0.2) is 14.4 Å². The quantitative estimate of drug-likeness (QED) is 0.410. The van der Waals surface area contributed by atoms with Gasteiger partial charge in [-0.1, -0.05) is 0 Å². The van der Waals surface area contributed by atoms with Crippen LogP contribution in [0, 0.1) is 0 Å². The molecule has 3 N–H and O–H groups in total. The zero-order valence-corrected chi connectivity index (χ0v) is 12.7. The molecule has 2 aromatic rings. The van der Waals surface area contributed by atoms with Crippen molar-refractivity contribution < 1.29 is 48.7 Å². The van der Waals surface area contributed by atoms with E-state index in [9.17, 15) is 19.2 Å². The van der Waals surface area contributed by atoms with E-state index in [0.29, 0.717) is 0 Å². The average Bonchev–Trinajstić information content (AvgIpc) is 2.55. The van der Waals surface area contributed by atoms with E-state index >= 15 is 0 Å². The fraction of sp³-hybridized carbons (Fsp3) is 0. The van der Waals surface area contributed by atoms with E-state index in [4.69, 9.17) is 15.3 Å². The van der Waals surface area contributed by atoms with Crippen LogP contribution >= 0.6 is 0 Å². The van der Waals surface area contributed by atoms with Gasteiger partial charge >= 0.3 is 18.5 Å². The van der Waals surface area contributed by atoms with Gasteiger partial charge in [0.2, 0.25) is 0 Å². The van der Waals surface area contributed by atoms with E-state index in [1.54, 1.807) is 0 Å². The summed E-state index contributed by atoms with van der Waals surface area (Å²) in [6, 6.07) is 8.44. The largest absolute Gasteiger partial charge is 0.511 e. The molecule has 10 nitrogen and oxygen atoms in total. The molecule has 0 bridgehead atoms. The molecule has 0 spiro atoms. The highest BCUT2D eigenvalue weighted by molar-refractivity contribution is 6.09. The van der Waals surface area contributed by atoms with Crippen LogP contribution in [0.4, 0.5) is 14.4 Å². The molecule has 0 aliphatic heterocycles. The Bertz CT molecular complexity index is 869. The zero-order chi connectivity index (χ0) is 19.3. The number of carbonyl (C=O) groups excluding carboxylic acids is 1. The Morgan fingerprint density at radius 1 is 0.615 bits per heavy atom. The lowest BCUT2D eigenvalue weighted by Gasteiger charge is -2.09. The maximum atomic E-state index is 12.4. The lowest BCUT2D eigenvalue weighted by molar-refractivity contribution is 0.103. The summed E-state index contributed by atoms with van der Waals surface area (Å²) in [5.41, 5.74) is 0.141. The second-order valence-corrected chi connectivity index (χ2v) is 4.62. The molecule has 2 aromatic carbocycles. The fourth-order valence-corrected chi connectivity index (χ4v) is 1.94. The Morgan fingerprint density at radius 2 is 1.12 bits per heavy atom. The van der Waals surface area contributed by atoms with Gasteiger partial charge in [0.1, 0.15) is 5.75 Å². The lowest BCUT2D eigenvalue weighted by Crippen LogP contribution is -2.10. The number of ether oxygens (including phenoxy) is 3. The van der Waals surface area contributed by atoms with Crippen LogP contribution < -0.4 is 14.2 Å². The van der Waals surface area contributed by atoms with Crippen molar-refractivity contribution in [3.05, 3.63) is 53.6 Å². The van der Waals surface area contributed by atoms with Gasteiger partial charge in [-0.15, -0.1) is 0 Å². The van der Waals surface area contributed by atoms with Crippen LogP contribution in [-0.4, -0.2) is 39.6 Å². The summed E-state index contributed by atoms with van der Waals surface area (Å²) in [6.07, 6.45) is -4.91. The molecule has 0 unspecified atom stereocenters. The molecular formula is C16H10O10. The summed E-state index contributed by atoms with van der Waals surface area (Å²) in [4.78, 5) is 44.2. The van der Waals surface area contributed by atoms with Gasteiger partial charge in [0.15, 0.2) is 17.3 Å². The molecule has 0 radical (unpaired) electrons. The molecule has 0 amide bonds. The number of ketones is 1. The van der Waals surface area contributed by atoms with Gasteiger partial charge in [0, 0.05) is 11.1 Å². The molecule has 0 aliphatic carbocycles. The van der Waals surface area contributed by atoms with Gasteiger partial charge in [-0.05, 0) is 42.5 Å². The van der Waals surface area contributed by atoms with Crippen LogP contribution in [0.2, 0.25) is 0 Å². The number of rotatable bonds is 5. The molecule has 0 atom stereocenters. The first-order chi connectivity index (χ1) is 12.3. The Morgan fingerprint density at radius 3 is 1.65 bits per heavy atom. The standard InChI is InChI=1S/C16H10O10/c17-13(8-1-4-10(5-2-8)24-14(18)19)9-3-6-11(25-15(20)21)12(7-9)26-16(22)23/h1-7H,(H,18,19)(H,20,21)(H,22,23). The van der Waals surface area contributed by atoms with Crippen LogP contribution in [-0.2, 0) is 0 Å². The summed E-state index contributed by atoms with van der Waals surface area (Å²) >= 11 is 0. The number of carboxylic acid groups (broad SMARTS) is 3. The minimum atomic E-state index is -1.72. The first-order valence-corrected chi connectivity index (χ1v) is 6.77. The molecule has 134 valence electrons. The highest BCUT2D eigenvalue weighted by atomic mass is 16.7. The van der Waals surface area contributed by atoms with Crippen molar-refractivity contribution >= 4 is 24.2 Å². The molecule has 0 aromatic heterocycles. The Balaban J connectivity index is 2.31. The molecule has 0 saturated carbocycles. The van der Waals surface area contributed by atoms with Gasteiger partial charge in [0.25, 0.3) is 0 Å². The van der Waals surface area contributed by atoms with Crippen molar-refractivity contribution in [1.82, 2.24) is 0 Å². The highest BCUT2D eigenvalue weighted by Gasteiger charge is 2.17. The lowest BCUT2D eigenvalue weighted by atomic mass is 10.0. The smallest absolute Gasteiger partial charge is 0.449 e. The summed E-state index contributed by atoms with van der Waals surface area (Å²) in [5.74, 6) is -1.42. The minimum absolute atomic E-state index is 0.00843. The summed E-state index contributed by atoms with van der Waals surface area (Å²) in [7, 11) is 0. The van der Waals surface area contributed by atoms with Crippen LogP contribution in [0.1, 0.15) is 15.9 Å². The van der Waals surface area contributed by atoms with Crippen LogP contribution in [0.3, 0.4) is 0 Å². The van der Waals surface area contributed by atoms with Crippen molar-refractivity contribution in [2.75, 3.05) is 0 Å². The topological polar surface area (TPSA) is 157 Å². The second-order valence-electron chi connectivity index (χ2n) is 4.62. The first-order valence-electron chi connectivity index (χ1n) is 6.77. The minimum Gasteiger partial charge on any atom is -0.449 e. The fourth-order valence-electron chi connectivity index (χ4n) is 1.94. The SMILES string of the molecule is O=C(O)Oc1ccc(C(=O)c2ccc(OC(=O)O)c(OC(=O)O)c2)cc1. The summed E-state index contributed by atoms with van der Waals surface area (Å²) in [5, 5.41) is 25.8. The average molecular weight is 362 g/mol. The Labute approximate surface area is 144 Å². The van der Waals surface area contributed by atoms with E-state index in [1.807, 2.05) is 0 Å². The van der Waals surface area contributed by atoms with E-state index < -0.39 is 35.7 Å². The number of carbonyl (C=O) groups is 4. The molecule has 2 rings (SSSR count). The zero-order valence-electron chi connectivity index (χ0n) is 12.7. The van der Waals surface area contributed by atoms with Gasteiger partial charge < -0.3 is 29.5 Å². The van der Waals surface area contributed by atoms with Crippen LogP contribution in [0.25, 0.3) is 0 Å². The highest BCUT2D eigenvalue weighted by Crippen LogP contribution is 2.30. The maximum absolute atomic E-state index is 12.4. The molecule has 0 aliphatic rings. The third-order valence-electron chi connectivity index (χ3n) is 2.92. The molecule has 0 saturated heterocycles. The maximum Gasteiger partial charge on any atom is 0.511 e. The molecular weight excluding hydrogens is 352 g/mol. The van der Waals surface area contributed by atoms with Gasteiger partial charge in [-0.2, -0.15) is 0 Å². The predicted molar refractivity (Wildman–Crippen MR) is 82.3 cm³/mol. The third-order valence-corrected chi connectivity index (χ3v) is 2.92. The van der Waals surface area contributed by atoms with Crippen molar-refractivity contribution in [3.8, 4) is 17.2 Å².